The van der Waals surface area contributed by atoms with Gasteiger partial charge in [-0.25, -0.2) is 14.6 Å². The molecule has 2 aromatic heterocycles. The van der Waals surface area contributed by atoms with Crippen LogP contribution in [0.15, 0.2) is 42.9 Å². The number of aryl methyl sites for hydroxylation is 1. The van der Waals surface area contributed by atoms with Gasteiger partial charge in [0.1, 0.15) is 12.9 Å². The van der Waals surface area contributed by atoms with E-state index in [-0.39, 0.29) is 5.88 Å². The Balaban J connectivity index is 1.93. The van der Waals surface area contributed by atoms with E-state index >= 15 is 0 Å². The standard InChI is InChI=1S/C18H18F2N4O2/c1-12-4-3-5-14(6-12)15-7-13(8-21-17(15)26-18(19)20)9-24-11-22-16(23-24)10-25-2/h3-8,11,18H,9-10H2,1-2H3. The van der Waals surface area contributed by atoms with Crippen LogP contribution in [0.25, 0.3) is 11.1 Å². The van der Waals surface area contributed by atoms with Gasteiger partial charge in [-0.3, -0.25) is 0 Å². The maximum Gasteiger partial charge on any atom is 0.388 e. The number of aromatic nitrogens is 4. The predicted molar refractivity (Wildman–Crippen MR) is 90.9 cm³/mol. The molecule has 2 heterocycles. The first-order valence-electron chi connectivity index (χ1n) is 7.93. The second-order valence-corrected chi connectivity index (χ2v) is 5.74. The largest absolute Gasteiger partial charge is 0.416 e. The zero-order chi connectivity index (χ0) is 18.5. The van der Waals surface area contributed by atoms with Crippen LogP contribution in [-0.2, 0) is 17.9 Å². The second-order valence-electron chi connectivity index (χ2n) is 5.74. The molecule has 0 atom stereocenters. The lowest BCUT2D eigenvalue weighted by atomic mass is 10.0. The third-order valence-corrected chi connectivity index (χ3v) is 3.64. The molecule has 6 nitrogen and oxygen atoms in total. The number of ether oxygens (including phenoxy) is 2. The fourth-order valence-electron chi connectivity index (χ4n) is 2.57. The molecule has 1 aromatic carbocycles. The molecule has 0 amide bonds. The molecule has 0 aliphatic heterocycles. The van der Waals surface area contributed by atoms with Gasteiger partial charge in [0.25, 0.3) is 0 Å². The zero-order valence-corrected chi connectivity index (χ0v) is 14.4. The van der Waals surface area contributed by atoms with E-state index in [0.29, 0.717) is 24.5 Å². The highest BCUT2D eigenvalue weighted by molar-refractivity contribution is 5.69. The zero-order valence-electron chi connectivity index (χ0n) is 14.4. The Labute approximate surface area is 149 Å². The Morgan fingerprint density at radius 1 is 1.19 bits per heavy atom. The highest BCUT2D eigenvalue weighted by Gasteiger charge is 2.14. The van der Waals surface area contributed by atoms with Crippen LogP contribution in [0, 0.1) is 6.92 Å². The van der Waals surface area contributed by atoms with Crippen molar-refractivity contribution in [1.29, 1.82) is 0 Å². The van der Waals surface area contributed by atoms with Crippen molar-refractivity contribution >= 4 is 0 Å². The molecular formula is C18H18F2N4O2. The molecule has 0 bridgehead atoms. The first-order chi connectivity index (χ1) is 12.5. The molecule has 136 valence electrons. The van der Waals surface area contributed by atoms with Crippen LogP contribution >= 0.6 is 0 Å². The number of alkyl halides is 2. The molecule has 8 heteroatoms. The number of methoxy groups -OCH3 is 1. The molecule has 0 aliphatic rings. The highest BCUT2D eigenvalue weighted by atomic mass is 19.3. The average Bonchev–Trinajstić information content (AvgIpc) is 3.03. The van der Waals surface area contributed by atoms with Gasteiger partial charge in [0.15, 0.2) is 5.82 Å². The third-order valence-electron chi connectivity index (χ3n) is 3.64. The lowest BCUT2D eigenvalue weighted by Crippen LogP contribution is -2.07. The molecule has 0 radical (unpaired) electrons. The van der Waals surface area contributed by atoms with Gasteiger partial charge in [0, 0.05) is 18.9 Å². The van der Waals surface area contributed by atoms with Gasteiger partial charge in [0.2, 0.25) is 5.88 Å². The first kappa shape index (κ1) is 17.9. The minimum absolute atomic E-state index is 0.104. The summed E-state index contributed by atoms with van der Waals surface area (Å²) in [6.45, 7) is -0.289. The lowest BCUT2D eigenvalue weighted by Gasteiger charge is -2.12. The Morgan fingerprint density at radius 2 is 2.04 bits per heavy atom. The van der Waals surface area contributed by atoms with Crippen LogP contribution in [0.3, 0.4) is 0 Å². The Morgan fingerprint density at radius 3 is 2.77 bits per heavy atom. The predicted octanol–water partition coefficient (Wildman–Crippen LogP) is 3.44. The summed E-state index contributed by atoms with van der Waals surface area (Å²) in [5.41, 5.74) is 3.06. The van der Waals surface area contributed by atoms with E-state index in [1.807, 2.05) is 31.2 Å². The van der Waals surface area contributed by atoms with Gasteiger partial charge in [-0.05, 0) is 24.1 Å². The number of benzene rings is 1. The number of pyridine rings is 1. The molecule has 0 saturated carbocycles. The molecule has 0 saturated heterocycles. The van der Waals surface area contributed by atoms with Crippen LogP contribution in [0.2, 0.25) is 0 Å². The van der Waals surface area contributed by atoms with Gasteiger partial charge >= 0.3 is 6.61 Å². The van der Waals surface area contributed by atoms with Crippen molar-refractivity contribution in [2.75, 3.05) is 7.11 Å². The van der Waals surface area contributed by atoms with Crippen LogP contribution in [-0.4, -0.2) is 33.5 Å². The van der Waals surface area contributed by atoms with Crippen molar-refractivity contribution in [3.05, 3.63) is 59.8 Å². The normalized spacial score (nSPS) is 11.1. The van der Waals surface area contributed by atoms with Crippen molar-refractivity contribution in [3.63, 3.8) is 0 Å². The Bertz CT molecular complexity index is 883. The Hall–Kier alpha value is -2.87. The van der Waals surface area contributed by atoms with E-state index in [1.54, 1.807) is 24.2 Å². The van der Waals surface area contributed by atoms with Crippen molar-refractivity contribution in [2.45, 2.75) is 26.7 Å². The first-order valence-corrected chi connectivity index (χ1v) is 7.93. The van der Waals surface area contributed by atoms with Crippen molar-refractivity contribution < 1.29 is 18.3 Å². The number of hydrogen-bond acceptors (Lipinski definition) is 5. The Kier molecular flexibility index (Phi) is 5.52. The fraction of sp³-hybridized carbons (Fsp3) is 0.278. The molecular weight excluding hydrogens is 342 g/mol. The van der Waals surface area contributed by atoms with E-state index in [1.165, 1.54) is 6.20 Å². The molecule has 3 rings (SSSR count). The number of hydrogen-bond donors (Lipinski definition) is 0. The number of nitrogens with zero attached hydrogens (tertiary/aromatic N) is 4. The van der Waals surface area contributed by atoms with Crippen molar-refractivity contribution in [2.24, 2.45) is 0 Å². The maximum atomic E-state index is 12.7. The summed E-state index contributed by atoms with van der Waals surface area (Å²) < 4.78 is 36.7. The summed E-state index contributed by atoms with van der Waals surface area (Å²) in [6, 6.07) is 9.29. The van der Waals surface area contributed by atoms with E-state index in [9.17, 15) is 8.78 Å². The van der Waals surface area contributed by atoms with E-state index < -0.39 is 6.61 Å². The monoisotopic (exact) mass is 360 g/mol. The average molecular weight is 360 g/mol. The topological polar surface area (TPSA) is 62.1 Å². The second kappa shape index (κ2) is 8.01. The number of halogens is 2. The van der Waals surface area contributed by atoms with Crippen LogP contribution in [0.5, 0.6) is 5.88 Å². The summed E-state index contributed by atoms with van der Waals surface area (Å²) >= 11 is 0. The molecule has 0 spiro atoms. The van der Waals surface area contributed by atoms with Crippen LogP contribution in [0.4, 0.5) is 8.78 Å². The third kappa shape index (κ3) is 4.40. The summed E-state index contributed by atoms with van der Waals surface area (Å²) in [4.78, 5) is 8.21. The highest BCUT2D eigenvalue weighted by Crippen LogP contribution is 2.30. The van der Waals surface area contributed by atoms with E-state index in [0.717, 1.165) is 16.7 Å². The van der Waals surface area contributed by atoms with Crippen LogP contribution < -0.4 is 4.74 Å². The van der Waals surface area contributed by atoms with Gasteiger partial charge in [-0.15, -0.1) is 0 Å². The smallest absolute Gasteiger partial charge is 0.388 e. The fourth-order valence-corrected chi connectivity index (χ4v) is 2.57. The van der Waals surface area contributed by atoms with Gasteiger partial charge in [-0.1, -0.05) is 29.8 Å². The minimum Gasteiger partial charge on any atom is -0.416 e. The van der Waals surface area contributed by atoms with Crippen LogP contribution in [0.1, 0.15) is 17.0 Å². The number of rotatable bonds is 7. The quantitative estimate of drug-likeness (QED) is 0.646. The van der Waals surface area contributed by atoms with Gasteiger partial charge in [0.05, 0.1) is 6.54 Å². The molecule has 3 aromatic rings. The van der Waals surface area contributed by atoms with E-state index in [4.69, 9.17) is 4.74 Å². The maximum absolute atomic E-state index is 12.7. The summed E-state index contributed by atoms with van der Waals surface area (Å²) in [6.07, 6.45) is 3.08. The molecule has 26 heavy (non-hydrogen) atoms. The van der Waals surface area contributed by atoms with E-state index in [2.05, 4.69) is 19.8 Å². The molecule has 0 aliphatic carbocycles. The van der Waals surface area contributed by atoms with Gasteiger partial charge < -0.3 is 9.47 Å². The molecule has 0 unspecified atom stereocenters. The minimum atomic E-state index is -2.94. The SMILES string of the molecule is COCc1ncn(Cc2cnc(OC(F)F)c(-c3cccc(C)c3)c2)n1. The molecule has 0 N–H and O–H groups in total. The van der Waals surface area contributed by atoms with Crippen molar-refractivity contribution in [3.8, 4) is 17.0 Å². The summed E-state index contributed by atoms with van der Waals surface area (Å²) in [5, 5.41) is 4.28. The lowest BCUT2D eigenvalue weighted by molar-refractivity contribution is -0.0524. The summed E-state index contributed by atoms with van der Waals surface area (Å²) in [7, 11) is 1.57. The summed E-state index contributed by atoms with van der Waals surface area (Å²) in [5.74, 6) is 0.463. The van der Waals surface area contributed by atoms with Crippen molar-refractivity contribution in [1.82, 2.24) is 19.7 Å². The van der Waals surface area contributed by atoms with Gasteiger partial charge in [-0.2, -0.15) is 13.9 Å². The molecule has 0 fully saturated rings.